The van der Waals surface area contributed by atoms with Crippen molar-refractivity contribution in [1.29, 1.82) is 0 Å². The van der Waals surface area contributed by atoms with Crippen molar-refractivity contribution in [3.63, 3.8) is 0 Å². The summed E-state index contributed by atoms with van der Waals surface area (Å²) in [4.78, 5) is 14.5. The van der Waals surface area contributed by atoms with E-state index < -0.39 is 5.97 Å². The largest absolute Gasteiger partial charge is 0.494 e. The molecule has 0 radical (unpaired) electrons. The van der Waals surface area contributed by atoms with Crippen molar-refractivity contribution in [3.8, 4) is 5.75 Å². The van der Waals surface area contributed by atoms with Crippen molar-refractivity contribution < 1.29 is 14.6 Å². The predicted octanol–water partition coefficient (Wildman–Crippen LogP) is 1.98. The van der Waals surface area contributed by atoms with Gasteiger partial charge in [-0.15, -0.1) is 0 Å². The summed E-state index contributed by atoms with van der Waals surface area (Å²) in [6.45, 7) is 1.49. The lowest BCUT2D eigenvalue weighted by atomic mass is 10.1. The normalized spacial score (nSPS) is 10.3. The van der Waals surface area contributed by atoms with Crippen molar-refractivity contribution >= 4 is 5.97 Å². The fourth-order valence-electron chi connectivity index (χ4n) is 1.73. The topological polar surface area (TPSA) is 64.3 Å². The van der Waals surface area contributed by atoms with E-state index in [4.69, 9.17) is 9.84 Å². The maximum Gasteiger partial charge on any atom is 0.307 e. The van der Waals surface area contributed by atoms with E-state index in [-0.39, 0.29) is 6.42 Å². The van der Waals surface area contributed by atoms with Gasteiger partial charge >= 0.3 is 5.97 Å². The molecular weight excluding hydrogens is 244 g/mol. The van der Waals surface area contributed by atoms with Crippen molar-refractivity contribution in [1.82, 2.24) is 9.55 Å². The van der Waals surface area contributed by atoms with E-state index in [1.54, 1.807) is 36.8 Å². The first-order valence-corrected chi connectivity index (χ1v) is 6.13. The molecule has 5 heteroatoms. The lowest BCUT2D eigenvalue weighted by molar-refractivity contribution is -0.136. The molecule has 5 nitrogen and oxygen atoms in total. The number of ether oxygens (including phenoxy) is 1. The van der Waals surface area contributed by atoms with E-state index in [0.29, 0.717) is 6.61 Å². The van der Waals surface area contributed by atoms with E-state index in [1.165, 1.54) is 0 Å². The third-order valence-corrected chi connectivity index (χ3v) is 2.67. The Morgan fingerprint density at radius 1 is 1.32 bits per heavy atom. The van der Waals surface area contributed by atoms with Crippen LogP contribution in [-0.2, 0) is 17.8 Å². The maximum atomic E-state index is 10.5. The molecule has 2 rings (SSSR count). The lowest BCUT2D eigenvalue weighted by Crippen LogP contribution is -2.03. The molecule has 0 aliphatic carbocycles. The third kappa shape index (κ3) is 4.46. The molecule has 0 bridgehead atoms. The molecule has 1 heterocycles. The molecule has 100 valence electrons. The molecule has 2 aromatic rings. The highest BCUT2D eigenvalue weighted by Gasteiger charge is 2.00. The molecule has 1 aromatic heterocycles. The van der Waals surface area contributed by atoms with Crippen LogP contribution in [0.25, 0.3) is 0 Å². The van der Waals surface area contributed by atoms with Crippen molar-refractivity contribution in [2.24, 2.45) is 0 Å². The van der Waals surface area contributed by atoms with E-state index in [2.05, 4.69) is 4.98 Å². The second-order valence-corrected chi connectivity index (χ2v) is 4.22. The van der Waals surface area contributed by atoms with Crippen LogP contribution in [0.3, 0.4) is 0 Å². The molecule has 0 unspecified atom stereocenters. The van der Waals surface area contributed by atoms with Crippen LogP contribution in [0, 0.1) is 0 Å². The van der Waals surface area contributed by atoms with E-state index in [1.807, 2.05) is 10.8 Å². The smallest absolute Gasteiger partial charge is 0.307 e. The Balaban J connectivity index is 1.72. The van der Waals surface area contributed by atoms with Gasteiger partial charge in [0.25, 0.3) is 0 Å². The minimum Gasteiger partial charge on any atom is -0.494 e. The summed E-state index contributed by atoms with van der Waals surface area (Å²) in [6.07, 6.45) is 6.39. The number of aryl methyl sites for hydroxylation is 1. The Hall–Kier alpha value is -2.30. The number of aromatic nitrogens is 2. The fourth-order valence-corrected chi connectivity index (χ4v) is 1.73. The lowest BCUT2D eigenvalue weighted by Gasteiger charge is -2.07. The molecule has 0 spiro atoms. The number of nitrogens with zero attached hydrogens (tertiary/aromatic N) is 2. The zero-order chi connectivity index (χ0) is 13.5. The van der Waals surface area contributed by atoms with Crippen LogP contribution in [0.2, 0.25) is 0 Å². The van der Waals surface area contributed by atoms with Gasteiger partial charge in [0.2, 0.25) is 0 Å². The van der Waals surface area contributed by atoms with Gasteiger partial charge < -0.3 is 14.4 Å². The van der Waals surface area contributed by atoms with Crippen LogP contribution in [-0.4, -0.2) is 27.2 Å². The van der Waals surface area contributed by atoms with Gasteiger partial charge in [0, 0.05) is 18.9 Å². The average Bonchev–Trinajstić information content (AvgIpc) is 2.89. The predicted molar refractivity (Wildman–Crippen MR) is 70.1 cm³/mol. The number of carboxylic acid groups (broad SMARTS) is 1. The first-order chi connectivity index (χ1) is 9.24. The molecule has 0 atom stereocenters. The van der Waals surface area contributed by atoms with Gasteiger partial charge in [0.1, 0.15) is 5.75 Å². The van der Waals surface area contributed by atoms with Crippen molar-refractivity contribution in [2.45, 2.75) is 19.4 Å². The molecule has 0 amide bonds. The summed E-state index contributed by atoms with van der Waals surface area (Å²) < 4.78 is 7.58. The van der Waals surface area contributed by atoms with Crippen LogP contribution in [0.4, 0.5) is 0 Å². The van der Waals surface area contributed by atoms with Crippen LogP contribution in [0.5, 0.6) is 5.75 Å². The standard InChI is InChI=1S/C14H16N2O3/c17-14(18)10-12-2-4-13(5-3-12)19-9-1-7-16-8-6-15-11-16/h2-6,8,11H,1,7,9-10H2,(H,17,18). The van der Waals surface area contributed by atoms with Crippen LogP contribution < -0.4 is 4.74 Å². The van der Waals surface area contributed by atoms with Gasteiger partial charge in [-0.05, 0) is 24.1 Å². The number of carboxylic acids is 1. The first-order valence-electron chi connectivity index (χ1n) is 6.13. The van der Waals surface area contributed by atoms with Gasteiger partial charge in [-0.25, -0.2) is 4.98 Å². The summed E-state index contributed by atoms with van der Waals surface area (Å²) in [5.41, 5.74) is 0.776. The van der Waals surface area contributed by atoms with Crippen molar-refractivity contribution in [2.75, 3.05) is 6.61 Å². The van der Waals surface area contributed by atoms with Crippen molar-refractivity contribution in [3.05, 3.63) is 48.5 Å². The Bertz CT molecular complexity index is 506. The van der Waals surface area contributed by atoms with Crippen LogP contribution in [0.15, 0.2) is 43.0 Å². The molecule has 0 saturated carbocycles. The fraction of sp³-hybridized carbons (Fsp3) is 0.286. The van der Waals surface area contributed by atoms with Gasteiger partial charge in [0.15, 0.2) is 0 Å². The molecule has 1 N–H and O–H groups in total. The van der Waals surface area contributed by atoms with E-state index in [0.717, 1.165) is 24.3 Å². The third-order valence-electron chi connectivity index (χ3n) is 2.67. The SMILES string of the molecule is O=C(O)Cc1ccc(OCCCn2ccnc2)cc1. The number of hydrogen-bond donors (Lipinski definition) is 1. The maximum absolute atomic E-state index is 10.5. The second-order valence-electron chi connectivity index (χ2n) is 4.22. The number of benzene rings is 1. The molecule has 0 aliphatic heterocycles. The highest BCUT2D eigenvalue weighted by molar-refractivity contribution is 5.70. The zero-order valence-electron chi connectivity index (χ0n) is 10.5. The number of carbonyl (C=O) groups is 1. The Kier molecular flexibility index (Phi) is 4.55. The van der Waals surface area contributed by atoms with Gasteiger partial charge in [-0.2, -0.15) is 0 Å². The minimum atomic E-state index is -0.825. The van der Waals surface area contributed by atoms with Gasteiger partial charge in [-0.1, -0.05) is 12.1 Å². The molecule has 0 aliphatic rings. The zero-order valence-corrected chi connectivity index (χ0v) is 10.5. The van der Waals surface area contributed by atoms with Gasteiger partial charge in [0.05, 0.1) is 19.4 Å². The average molecular weight is 260 g/mol. The summed E-state index contributed by atoms with van der Waals surface area (Å²) in [5, 5.41) is 8.66. The Morgan fingerprint density at radius 3 is 2.74 bits per heavy atom. The van der Waals surface area contributed by atoms with Crippen LogP contribution in [0.1, 0.15) is 12.0 Å². The summed E-state index contributed by atoms with van der Waals surface area (Å²) in [7, 11) is 0. The highest BCUT2D eigenvalue weighted by Crippen LogP contribution is 2.13. The van der Waals surface area contributed by atoms with Crippen LogP contribution >= 0.6 is 0 Å². The Morgan fingerprint density at radius 2 is 2.11 bits per heavy atom. The molecule has 19 heavy (non-hydrogen) atoms. The Labute approximate surface area is 111 Å². The van der Waals surface area contributed by atoms with Gasteiger partial charge in [-0.3, -0.25) is 4.79 Å². The molecule has 1 aromatic carbocycles. The summed E-state index contributed by atoms with van der Waals surface area (Å²) in [5.74, 6) is -0.0613. The van der Waals surface area contributed by atoms with E-state index in [9.17, 15) is 4.79 Å². The number of aliphatic carboxylic acids is 1. The molecule has 0 fully saturated rings. The quantitative estimate of drug-likeness (QED) is 0.773. The minimum absolute atomic E-state index is 0.0426. The summed E-state index contributed by atoms with van der Waals surface area (Å²) in [6, 6.07) is 7.16. The highest BCUT2D eigenvalue weighted by atomic mass is 16.5. The number of imidazole rings is 1. The number of hydrogen-bond acceptors (Lipinski definition) is 3. The monoisotopic (exact) mass is 260 g/mol. The molecular formula is C14H16N2O3. The van der Waals surface area contributed by atoms with E-state index >= 15 is 0 Å². The second kappa shape index (κ2) is 6.58. The molecule has 0 saturated heterocycles. The first kappa shape index (κ1) is 13.1. The number of rotatable bonds is 7. The summed E-state index contributed by atoms with van der Waals surface area (Å²) >= 11 is 0.